The van der Waals surface area contributed by atoms with E-state index in [9.17, 15) is 17.6 Å². The highest BCUT2D eigenvalue weighted by Crippen LogP contribution is 2.23. The predicted octanol–water partition coefficient (Wildman–Crippen LogP) is 1.61. The maximum absolute atomic E-state index is 14.1. The lowest BCUT2D eigenvalue weighted by Gasteiger charge is -2.11. The number of nitrogens with zero attached hydrogens (tertiary/aromatic N) is 2. The Bertz CT molecular complexity index is 1170. The third-order valence-electron chi connectivity index (χ3n) is 3.66. The molecule has 0 bridgehead atoms. The maximum Gasteiger partial charge on any atom is 0.255 e. The van der Waals surface area contributed by atoms with Crippen LogP contribution in [0.1, 0.15) is 0 Å². The Labute approximate surface area is 171 Å². The van der Waals surface area contributed by atoms with Crippen LogP contribution in [0.15, 0.2) is 59.6 Å². The van der Waals surface area contributed by atoms with E-state index in [1.807, 2.05) is 0 Å². The summed E-state index contributed by atoms with van der Waals surface area (Å²) >= 11 is 0. The average molecular weight is 432 g/mol. The first-order valence-electron chi connectivity index (χ1n) is 8.41. The van der Waals surface area contributed by atoms with E-state index in [1.54, 1.807) is 30.3 Å². The van der Waals surface area contributed by atoms with Gasteiger partial charge in [-0.2, -0.15) is 4.98 Å². The summed E-state index contributed by atoms with van der Waals surface area (Å²) in [5, 5.41) is 10.7. The SMILES string of the molecule is NC(=O)COc1ccc(Nc2nc(Nc3cccc(S(N)(=O)=O)c3)ncc2F)cc1. The molecule has 6 N–H and O–H groups in total. The van der Waals surface area contributed by atoms with Crippen molar-refractivity contribution >= 4 is 39.1 Å². The highest BCUT2D eigenvalue weighted by Gasteiger charge is 2.11. The molecule has 0 saturated carbocycles. The number of hydrogen-bond acceptors (Lipinski definition) is 8. The highest BCUT2D eigenvalue weighted by atomic mass is 32.2. The number of anilines is 4. The summed E-state index contributed by atoms with van der Waals surface area (Å²) in [4.78, 5) is 18.5. The molecule has 3 aromatic rings. The standard InChI is InChI=1S/C18H17FN6O4S/c19-15-9-22-18(24-12-2-1-3-14(8-12)30(21,27)28)25-17(15)23-11-4-6-13(7-5-11)29-10-16(20)26/h1-9H,10H2,(H2,20,26)(H2,21,27,28)(H2,22,23,24,25). The van der Waals surface area contributed by atoms with Crippen LogP contribution in [0.3, 0.4) is 0 Å². The number of rotatable bonds is 8. The van der Waals surface area contributed by atoms with E-state index in [-0.39, 0.29) is 23.3 Å². The first-order chi connectivity index (χ1) is 14.2. The van der Waals surface area contributed by atoms with E-state index in [0.717, 1.165) is 6.20 Å². The molecule has 156 valence electrons. The smallest absolute Gasteiger partial charge is 0.255 e. The van der Waals surface area contributed by atoms with E-state index < -0.39 is 21.7 Å². The van der Waals surface area contributed by atoms with Crippen LogP contribution >= 0.6 is 0 Å². The number of carbonyl (C=O) groups excluding carboxylic acids is 1. The molecule has 2 aromatic carbocycles. The summed E-state index contributed by atoms with van der Waals surface area (Å²) in [5.41, 5.74) is 5.87. The zero-order valence-electron chi connectivity index (χ0n) is 15.4. The second-order valence-corrected chi connectivity index (χ2v) is 7.55. The number of halogens is 1. The number of nitrogens with two attached hydrogens (primary N) is 2. The van der Waals surface area contributed by atoms with Crippen LogP contribution in [0.2, 0.25) is 0 Å². The van der Waals surface area contributed by atoms with Crippen LogP contribution in [0.5, 0.6) is 5.75 Å². The number of carbonyl (C=O) groups is 1. The monoisotopic (exact) mass is 432 g/mol. The Kier molecular flexibility index (Phi) is 6.09. The minimum atomic E-state index is -3.87. The third kappa shape index (κ3) is 5.62. The first kappa shape index (κ1) is 21.0. The molecule has 3 rings (SSSR count). The lowest BCUT2D eigenvalue weighted by Crippen LogP contribution is -2.19. The van der Waals surface area contributed by atoms with Crippen molar-refractivity contribution in [3.63, 3.8) is 0 Å². The van der Waals surface area contributed by atoms with E-state index in [0.29, 0.717) is 17.1 Å². The van der Waals surface area contributed by atoms with Gasteiger partial charge in [0.05, 0.1) is 11.1 Å². The van der Waals surface area contributed by atoms with Gasteiger partial charge in [-0.15, -0.1) is 0 Å². The van der Waals surface area contributed by atoms with Gasteiger partial charge in [-0.05, 0) is 42.5 Å². The van der Waals surface area contributed by atoms with Crippen molar-refractivity contribution in [2.45, 2.75) is 4.90 Å². The number of primary amides is 1. The quantitative estimate of drug-likeness (QED) is 0.417. The highest BCUT2D eigenvalue weighted by molar-refractivity contribution is 7.89. The van der Waals surface area contributed by atoms with Crippen molar-refractivity contribution in [2.24, 2.45) is 10.9 Å². The molecule has 0 radical (unpaired) electrons. The van der Waals surface area contributed by atoms with Crippen LogP contribution in [-0.4, -0.2) is 30.9 Å². The van der Waals surface area contributed by atoms with Crippen molar-refractivity contribution in [1.29, 1.82) is 0 Å². The number of primary sulfonamides is 1. The second kappa shape index (κ2) is 8.71. The molecule has 12 heteroatoms. The van der Waals surface area contributed by atoms with Gasteiger partial charge in [0, 0.05) is 11.4 Å². The molecule has 30 heavy (non-hydrogen) atoms. The molecule has 0 saturated heterocycles. The molecule has 10 nitrogen and oxygen atoms in total. The summed E-state index contributed by atoms with van der Waals surface area (Å²) in [6, 6.07) is 12.1. The first-order valence-corrected chi connectivity index (χ1v) is 9.96. The lowest BCUT2D eigenvalue weighted by molar-refractivity contribution is -0.119. The largest absolute Gasteiger partial charge is 0.484 e. The number of hydrogen-bond donors (Lipinski definition) is 4. The van der Waals surface area contributed by atoms with Crippen LogP contribution in [0, 0.1) is 5.82 Å². The van der Waals surface area contributed by atoms with Crippen molar-refractivity contribution in [2.75, 3.05) is 17.2 Å². The Morgan fingerprint density at radius 1 is 1.10 bits per heavy atom. The maximum atomic E-state index is 14.1. The number of nitrogens with one attached hydrogen (secondary N) is 2. The zero-order valence-corrected chi connectivity index (χ0v) is 16.2. The van der Waals surface area contributed by atoms with Crippen molar-refractivity contribution < 1.29 is 22.3 Å². The number of ether oxygens (including phenoxy) is 1. The Morgan fingerprint density at radius 2 is 1.83 bits per heavy atom. The summed E-state index contributed by atoms with van der Waals surface area (Å²) < 4.78 is 42.2. The number of sulfonamides is 1. The molecule has 0 spiro atoms. The number of aromatic nitrogens is 2. The topological polar surface area (TPSA) is 162 Å². The predicted molar refractivity (Wildman–Crippen MR) is 108 cm³/mol. The fraction of sp³-hybridized carbons (Fsp3) is 0.0556. The number of benzene rings is 2. The van der Waals surface area contributed by atoms with Gasteiger partial charge in [-0.1, -0.05) is 6.07 Å². The summed E-state index contributed by atoms with van der Waals surface area (Å²) in [6.45, 7) is -0.255. The number of amides is 1. The Balaban J connectivity index is 1.75. The van der Waals surface area contributed by atoms with Crippen LogP contribution in [0.4, 0.5) is 27.5 Å². The van der Waals surface area contributed by atoms with Gasteiger partial charge >= 0.3 is 0 Å². The second-order valence-electron chi connectivity index (χ2n) is 5.99. The fourth-order valence-electron chi connectivity index (χ4n) is 2.32. The minimum Gasteiger partial charge on any atom is -0.484 e. The van der Waals surface area contributed by atoms with Gasteiger partial charge in [0.15, 0.2) is 18.2 Å². The molecule has 1 amide bonds. The fourth-order valence-corrected chi connectivity index (χ4v) is 2.88. The zero-order chi connectivity index (χ0) is 21.7. The Hall–Kier alpha value is -3.77. The molecule has 0 atom stereocenters. The van der Waals surface area contributed by atoms with E-state index >= 15 is 0 Å². The van der Waals surface area contributed by atoms with Crippen LogP contribution < -0.4 is 26.2 Å². The minimum absolute atomic E-state index is 0.0341. The molecule has 0 aliphatic rings. The molecule has 0 fully saturated rings. The molecule has 1 heterocycles. The molecular weight excluding hydrogens is 415 g/mol. The van der Waals surface area contributed by atoms with Crippen molar-refractivity contribution in [1.82, 2.24) is 9.97 Å². The van der Waals surface area contributed by atoms with Crippen LogP contribution in [-0.2, 0) is 14.8 Å². The van der Waals surface area contributed by atoms with Crippen LogP contribution in [0.25, 0.3) is 0 Å². The van der Waals surface area contributed by atoms with Crippen molar-refractivity contribution in [3.8, 4) is 5.75 Å². The van der Waals surface area contributed by atoms with E-state index in [2.05, 4.69) is 20.6 Å². The van der Waals surface area contributed by atoms with Gasteiger partial charge in [0.25, 0.3) is 5.91 Å². The third-order valence-corrected chi connectivity index (χ3v) is 4.57. The Morgan fingerprint density at radius 3 is 2.50 bits per heavy atom. The van der Waals surface area contributed by atoms with Gasteiger partial charge < -0.3 is 21.1 Å². The molecule has 0 unspecified atom stereocenters. The molecule has 1 aromatic heterocycles. The van der Waals surface area contributed by atoms with Crippen molar-refractivity contribution in [3.05, 3.63) is 60.5 Å². The van der Waals surface area contributed by atoms with Gasteiger partial charge in [-0.3, -0.25) is 4.79 Å². The summed E-state index contributed by atoms with van der Waals surface area (Å²) in [6.07, 6.45) is 0.964. The van der Waals surface area contributed by atoms with E-state index in [1.165, 1.54) is 18.2 Å². The summed E-state index contributed by atoms with van der Waals surface area (Å²) in [5.74, 6) is -0.963. The lowest BCUT2D eigenvalue weighted by atomic mass is 10.3. The van der Waals surface area contributed by atoms with Gasteiger partial charge in [-0.25, -0.2) is 22.9 Å². The van der Waals surface area contributed by atoms with Gasteiger partial charge in [0.2, 0.25) is 16.0 Å². The van der Waals surface area contributed by atoms with Gasteiger partial charge in [0.1, 0.15) is 5.75 Å². The average Bonchev–Trinajstić information content (AvgIpc) is 2.69. The molecule has 0 aliphatic heterocycles. The molecule has 0 aliphatic carbocycles. The molecular formula is C18H17FN6O4S. The summed E-state index contributed by atoms with van der Waals surface area (Å²) in [7, 11) is -3.87. The van der Waals surface area contributed by atoms with E-state index in [4.69, 9.17) is 15.6 Å². The normalized spacial score (nSPS) is 11.0.